The highest BCUT2D eigenvalue weighted by atomic mass is 32.2. The second-order valence-corrected chi connectivity index (χ2v) is 6.44. The summed E-state index contributed by atoms with van der Waals surface area (Å²) in [7, 11) is 2.07. The number of rotatable bonds is 1. The molecular weight excluding hydrogens is 288 g/mol. The molecule has 2 aromatic rings. The third kappa shape index (κ3) is 2.90. The molecule has 0 spiro atoms. The maximum atomic E-state index is 4.53. The minimum absolute atomic E-state index is 0.898. The second kappa shape index (κ2) is 6.32. The number of thioether (sulfide) groups is 1. The molecule has 0 N–H and O–H groups in total. The fourth-order valence-electron chi connectivity index (χ4n) is 2.63. The molecule has 0 aromatic carbocycles. The first kappa shape index (κ1) is 14.8. The Kier molecular flexibility index (Phi) is 4.25. The Hall–Kier alpha value is -2.13. The van der Waals surface area contributed by atoms with Crippen molar-refractivity contribution in [3.8, 4) is 0 Å². The number of hydrogen-bond donors (Lipinski definition) is 0. The lowest BCUT2D eigenvalue weighted by Gasteiger charge is -2.11. The summed E-state index contributed by atoms with van der Waals surface area (Å²) in [5.74, 6) is 0. The number of allylic oxidation sites excluding steroid dienone is 4. The zero-order chi connectivity index (χ0) is 15.5. The Bertz CT molecular complexity index is 788. The molecule has 0 unspecified atom stereocenters. The van der Waals surface area contributed by atoms with E-state index in [-0.39, 0.29) is 0 Å². The molecule has 0 amide bonds. The number of hydrogen-bond acceptors (Lipinski definition) is 2. The first-order valence-corrected chi connectivity index (χ1v) is 8.12. The van der Waals surface area contributed by atoms with Crippen molar-refractivity contribution in [2.24, 2.45) is 7.05 Å². The number of nitrogens with zero attached hydrogens (tertiary/aromatic N) is 2. The number of aromatic nitrogens is 2. The largest absolute Gasteiger partial charge is 0.249 e. The first-order chi connectivity index (χ1) is 10.7. The highest BCUT2D eigenvalue weighted by Gasteiger charge is 2.20. The van der Waals surface area contributed by atoms with Crippen LogP contribution in [0.1, 0.15) is 18.2 Å². The fourth-order valence-corrected chi connectivity index (χ4v) is 3.63. The quantitative estimate of drug-likeness (QED) is 0.738. The molecule has 0 aliphatic carbocycles. The molecule has 0 bridgehead atoms. The lowest BCUT2D eigenvalue weighted by Crippen LogP contribution is -2.32. The number of aryl methyl sites for hydroxylation is 1. The van der Waals surface area contributed by atoms with Crippen LogP contribution in [0, 0.1) is 0 Å². The predicted octanol–water partition coefficient (Wildman–Crippen LogP) is 4.10. The molecule has 0 saturated carbocycles. The van der Waals surface area contributed by atoms with Crippen LogP contribution in [0.15, 0.2) is 77.0 Å². The molecule has 2 nitrogen and oxygen atoms in total. The predicted molar refractivity (Wildman–Crippen MR) is 92.3 cm³/mol. The average molecular weight is 307 g/mol. The molecule has 0 radical (unpaired) electrons. The van der Waals surface area contributed by atoms with E-state index in [4.69, 9.17) is 0 Å². The second-order valence-electron chi connectivity index (χ2n) is 5.35. The van der Waals surface area contributed by atoms with E-state index in [9.17, 15) is 0 Å². The lowest BCUT2D eigenvalue weighted by molar-refractivity contribution is -0.673. The summed E-state index contributed by atoms with van der Waals surface area (Å²) in [5.41, 5.74) is 4.83. The van der Waals surface area contributed by atoms with Gasteiger partial charge in [-0.2, -0.15) is 0 Å². The van der Waals surface area contributed by atoms with E-state index in [0.29, 0.717) is 0 Å². The Morgan fingerprint density at radius 2 is 2.09 bits per heavy atom. The van der Waals surface area contributed by atoms with Gasteiger partial charge < -0.3 is 0 Å². The van der Waals surface area contributed by atoms with Crippen molar-refractivity contribution < 1.29 is 4.57 Å². The van der Waals surface area contributed by atoms with Crippen molar-refractivity contribution in [1.29, 1.82) is 0 Å². The molecular formula is C19H19N2S+. The monoisotopic (exact) mass is 307 g/mol. The summed E-state index contributed by atoms with van der Waals surface area (Å²) in [6.07, 6.45) is 9.21. The lowest BCUT2D eigenvalue weighted by atomic mass is 10.0. The molecule has 1 aliphatic rings. The van der Waals surface area contributed by atoms with E-state index in [1.165, 1.54) is 22.4 Å². The van der Waals surface area contributed by atoms with Crippen LogP contribution >= 0.6 is 11.8 Å². The van der Waals surface area contributed by atoms with Gasteiger partial charge in [0.2, 0.25) is 5.69 Å². The van der Waals surface area contributed by atoms with E-state index in [1.807, 2.05) is 18.3 Å². The van der Waals surface area contributed by atoms with Gasteiger partial charge >= 0.3 is 0 Å². The third-order valence-corrected chi connectivity index (χ3v) is 4.77. The van der Waals surface area contributed by atoms with Crippen LogP contribution in [0.25, 0.3) is 5.57 Å². The molecule has 110 valence electrons. The zero-order valence-corrected chi connectivity index (χ0v) is 13.7. The van der Waals surface area contributed by atoms with E-state index < -0.39 is 0 Å². The molecule has 2 aromatic heterocycles. The molecule has 1 aliphatic heterocycles. The van der Waals surface area contributed by atoms with Crippen LogP contribution in [0.4, 0.5) is 0 Å². The SMILES string of the molecule is C=C1Sc2ncccc2C/C=C\C(C)=C/1c1cccc[n+]1C. The van der Waals surface area contributed by atoms with Crippen LogP contribution in [0.2, 0.25) is 0 Å². The van der Waals surface area contributed by atoms with E-state index in [2.05, 4.69) is 66.6 Å². The van der Waals surface area contributed by atoms with Crippen LogP contribution < -0.4 is 4.57 Å². The maximum Gasteiger partial charge on any atom is 0.213 e. The summed E-state index contributed by atoms with van der Waals surface area (Å²) < 4.78 is 2.13. The summed E-state index contributed by atoms with van der Waals surface area (Å²) in [6.45, 7) is 6.47. The molecule has 3 rings (SSSR count). The van der Waals surface area contributed by atoms with Gasteiger partial charge in [0, 0.05) is 23.2 Å². The van der Waals surface area contributed by atoms with E-state index in [1.54, 1.807) is 11.8 Å². The minimum atomic E-state index is 0.898. The molecule has 0 atom stereocenters. The first-order valence-electron chi connectivity index (χ1n) is 7.30. The van der Waals surface area contributed by atoms with E-state index >= 15 is 0 Å². The Morgan fingerprint density at radius 3 is 2.91 bits per heavy atom. The summed E-state index contributed by atoms with van der Waals surface area (Å²) in [5, 5.41) is 1.04. The van der Waals surface area contributed by atoms with Crippen LogP contribution in [-0.4, -0.2) is 4.98 Å². The van der Waals surface area contributed by atoms with Gasteiger partial charge in [0.05, 0.1) is 5.57 Å². The standard InChI is InChI=1S/C19H19N2S/c1-14-8-6-9-16-10-7-12-20-19(16)22-15(2)18(14)17-11-4-5-13-21(17)3/h4-8,10-13H,2,9H2,1,3H3/q+1/b8-6-,18-14+. The molecule has 0 saturated heterocycles. The third-order valence-electron chi connectivity index (χ3n) is 3.76. The zero-order valence-electron chi connectivity index (χ0n) is 12.9. The number of pyridine rings is 2. The van der Waals surface area contributed by atoms with Crippen LogP contribution in [0.5, 0.6) is 0 Å². The van der Waals surface area contributed by atoms with Crippen molar-refractivity contribution in [3.63, 3.8) is 0 Å². The maximum absolute atomic E-state index is 4.53. The van der Waals surface area contributed by atoms with Crippen molar-refractivity contribution in [2.45, 2.75) is 18.4 Å². The normalized spacial score (nSPS) is 19.8. The highest BCUT2D eigenvalue weighted by Crippen LogP contribution is 2.38. The Labute approximate surface area is 135 Å². The minimum Gasteiger partial charge on any atom is -0.249 e. The van der Waals surface area contributed by atoms with Gasteiger partial charge in [-0.15, -0.1) is 0 Å². The van der Waals surface area contributed by atoms with Crippen molar-refractivity contribution in [1.82, 2.24) is 4.98 Å². The summed E-state index contributed by atoms with van der Waals surface area (Å²) >= 11 is 1.66. The molecule has 0 fully saturated rings. The van der Waals surface area contributed by atoms with Crippen molar-refractivity contribution in [3.05, 3.63) is 83.2 Å². The highest BCUT2D eigenvalue weighted by molar-refractivity contribution is 8.03. The molecule has 3 heteroatoms. The van der Waals surface area contributed by atoms with Crippen molar-refractivity contribution in [2.75, 3.05) is 0 Å². The van der Waals surface area contributed by atoms with Gasteiger partial charge in [-0.1, -0.05) is 36.6 Å². The van der Waals surface area contributed by atoms with Gasteiger partial charge in [0.15, 0.2) is 6.20 Å². The Morgan fingerprint density at radius 1 is 1.23 bits per heavy atom. The van der Waals surface area contributed by atoms with Gasteiger partial charge in [0.1, 0.15) is 12.1 Å². The fraction of sp³-hybridized carbons (Fsp3) is 0.158. The smallest absolute Gasteiger partial charge is 0.213 e. The average Bonchev–Trinajstić information content (AvgIpc) is 2.56. The number of fused-ring (bicyclic) bond motifs is 1. The van der Waals surface area contributed by atoms with E-state index in [0.717, 1.165) is 16.4 Å². The molecule has 3 heterocycles. The van der Waals surface area contributed by atoms with Crippen LogP contribution in [-0.2, 0) is 13.5 Å². The topological polar surface area (TPSA) is 16.8 Å². The van der Waals surface area contributed by atoms with Gasteiger partial charge in [-0.25, -0.2) is 9.55 Å². The summed E-state index contributed by atoms with van der Waals surface area (Å²) in [4.78, 5) is 5.56. The Balaban J connectivity index is 2.12. The summed E-state index contributed by atoms with van der Waals surface area (Å²) in [6, 6.07) is 10.4. The van der Waals surface area contributed by atoms with Gasteiger partial charge in [-0.3, -0.25) is 0 Å². The van der Waals surface area contributed by atoms with Crippen molar-refractivity contribution >= 4 is 17.3 Å². The molecule has 22 heavy (non-hydrogen) atoms. The van der Waals surface area contributed by atoms with Gasteiger partial charge in [-0.05, 0) is 36.6 Å². The van der Waals surface area contributed by atoms with Gasteiger partial charge in [0.25, 0.3) is 0 Å². The van der Waals surface area contributed by atoms with Crippen LogP contribution in [0.3, 0.4) is 0 Å².